The number of unbranched alkanes of at least 4 members (excludes halogenated alkanes) is 1. The summed E-state index contributed by atoms with van der Waals surface area (Å²) in [4.78, 5) is 23.1. The van der Waals surface area contributed by atoms with Gasteiger partial charge in [0.15, 0.2) is 0 Å². The summed E-state index contributed by atoms with van der Waals surface area (Å²) < 4.78 is 0. The van der Waals surface area contributed by atoms with Gasteiger partial charge in [0.25, 0.3) is 0 Å². The number of anilines is 2. The number of nitrogens with zero attached hydrogens (tertiary/aromatic N) is 3. The Hall–Kier alpha value is -2.63. The zero-order valence-corrected chi connectivity index (χ0v) is 18.7. The van der Waals surface area contributed by atoms with Crippen LogP contribution in [0.15, 0.2) is 24.5 Å². The van der Waals surface area contributed by atoms with Crippen LogP contribution in [0.1, 0.15) is 57.7 Å². The quantitative estimate of drug-likeness (QED) is 0.602. The van der Waals surface area contributed by atoms with Crippen molar-refractivity contribution in [2.45, 2.75) is 59.8 Å². The number of aromatic nitrogens is 2. The van der Waals surface area contributed by atoms with E-state index in [-0.39, 0.29) is 6.42 Å². The lowest BCUT2D eigenvalue weighted by Gasteiger charge is -2.40. The molecule has 0 bridgehead atoms. The number of nitrogens with one attached hydrogen (secondary N) is 1. The summed E-state index contributed by atoms with van der Waals surface area (Å²) in [6.07, 6.45) is 8.13. The highest BCUT2D eigenvalue weighted by atomic mass is 16.4. The van der Waals surface area contributed by atoms with Crippen LogP contribution in [0.25, 0.3) is 11.1 Å². The first-order chi connectivity index (χ1) is 14.3. The van der Waals surface area contributed by atoms with Crippen molar-refractivity contribution in [1.29, 1.82) is 0 Å². The first-order valence-corrected chi connectivity index (χ1v) is 11.0. The lowest BCUT2D eigenvalue weighted by atomic mass is 9.82. The second kappa shape index (κ2) is 9.45. The topological polar surface area (TPSA) is 78.3 Å². The zero-order chi connectivity index (χ0) is 21.7. The third kappa shape index (κ3) is 5.29. The van der Waals surface area contributed by atoms with E-state index in [0.29, 0.717) is 5.41 Å². The van der Waals surface area contributed by atoms with Gasteiger partial charge in [-0.3, -0.25) is 9.78 Å². The van der Waals surface area contributed by atoms with Crippen LogP contribution in [0.2, 0.25) is 0 Å². The van der Waals surface area contributed by atoms with Gasteiger partial charge in [-0.2, -0.15) is 0 Å². The van der Waals surface area contributed by atoms with Crippen LogP contribution in [0.5, 0.6) is 0 Å². The number of pyridine rings is 2. The lowest BCUT2D eigenvalue weighted by molar-refractivity contribution is -0.136. The van der Waals surface area contributed by atoms with Gasteiger partial charge >= 0.3 is 5.97 Å². The van der Waals surface area contributed by atoms with Crippen molar-refractivity contribution in [3.63, 3.8) is 0 Å². The number of aryl methyl sites for hydroxylation is 1. The standard InChI is InChI=1S/C24H34N4O2/c1-5-6-11-25-21-8-7-18(15-27-21)20-16-26-17(2)19(14-22(29)30)23(20)28-12-9-24(3,4)10-13-28/h7-8,15-16H,5-6,9-14H2,1-4H3,(H,25,27)(H,29,30). The molecular formula is C24H34N4O2. The largest absolute Gasteiger partial charge is 0.481 e. The van der Waals surface area contributed by atoms with Crippen LogP contribution in [-0.4, -0.2) is 40.7 Å². The van der Waals surface area contributed by atoms with E-state index in [1.165, 1.54) is 0 Å². The smallest absolute Gasteiger partial charge is 0.307 e. The molecule has 1 saturated heterocycles. The van der Waals surface area contributed by atoms with Crippen LogP contribution in [0, 0.1) is 12.3 Å². The molecule has 1 fully saturated rings. The summed E-state index contributed by atoms with van der Waals surface area (Å²) in [5.41, 5.74) is 4.85. The predicted molar refractivity (Wildman–Crippen MR) is 122 cm³/mol. The summed E-state index contributed by atoms with van der Waals surface area (Å²) in [7, 11) is 0. The van der Waals surface area contributed by atoms with Gasteiger partial charge in [-0.05, 0) is 43.7 Å². The Labute approximate surface area is 179 Å². The minimum Gasteiger partial charge on any atom is -0.481 e. The summed E-state index contributed by atoms with van der Waals surface area (Å²) in [5, 5.41) is 12.9. The molecule has 162 valence electrons. The highest BCUT2D eigenvalue weighted by Crippen LogP contribution is 2.39. The maximum Gasteiger partial charge on any atom is 0.307 e. The number of hydrogen-bond donors (Lipinski definition) is 2. The van der Waals surface area contributed by atoms with Crippen molar-refractivity contribution in [3.05, 3.63) is 35.8 Å². The van der Waals surface area contributed by atoms with Gasteiger partial charge in [0.2, 0.25) is 0 Å². The lowest BCUT2D eigenvalue weighted by Crippen LogP contribution is -2.38. The summed E-state index contributed by atoms with van der Waals surface area (Å²) in [5.74, 6) is 0.0311. The van der Waals surface area contributed by atoms with E-state index >= 15 is 0 Å². The third-order valence-electron chi connectivity index (χ3n) is 6.04. The minimum atomic E-state index is -0.829. The molecule has 2 aromatic heterocycles. The maximum atomic E-state index is 11.6. The Kier molecular flexibility index (Phi) is 6.95. The molecule has 30 heavy (non-hydrogen) atoms. The highest BCUT2D eigenvalue weighted by Gasteiger charge is 2.29. The molecule has 2 N–H and O–H groups in total. The van der Waals surface area contributed by atoms with Crippen LogP contribution in [-0.2, 0) is 11.2 Å². The van der Waals surface area contributed by atoms with E-state index in [4.69, 9.17) is 0 Å². The molecule has 2 aromatic rings. The van der Waals surface area contributed by atoms with Gasteiger partial charge < -0.3 is 15.3 Å². The Balaban J connectivity index is 1.98. The molecule has 0 spiro atoms. The summed E-state index contributed by atoms with van der Waals surface area (Å²) in [6.45, 7) is 11.4. The van der Waals surface area contributed by atoms with Crippen LogP contribution >= 0.6 is 0 Å². The number of piperidine rings is 1. The van der Waals surface area contributed by atoms with E-state index in [1.807, 2.05) is 25.4 Å². The molecule has 1 aliphatic heterocycles. The van der Waals surface area contributed by atoms with E-state index in [9.17, 15) is 9.90 Å². The van der Waals surface area contributed by atoms with Crippen molar-refractivity contribution in [2.24, 2.45) is 5.41 Å². The van der Waals surface area contributed by atoms with E-state index in [2.05, 4.69) is 47.0 Å². The Morgan fingerprint density at radius 2 is 1.93 bits per heavy atom. The number of carboxylic acids is 1. The van der Waals surface area contributed by atoms with E-state index in [0.717, 1.165) is 79.2 Å². The monoisotopic (exact) mass is 410 g/mol. The fraction of sp³-hybridized carbons (Fsp3) is 0.542. The van der Waals surface area contributed by atoms with E-state index < -0.39 is 5.97 Å². The predicted octanol–water partition coefficient (Wildman–Crippen LogP) is 4.92. The first kappa shape index (κ1) is 22.1. The number of hydrogen-bond acceptors (Lipinski definition) is 5. The normalized spacial score (nSPS) is 15.8. The third-order valence-corrected chi connectivity index (χ3v) is 6.04. The number of rotatable bonds is 8. The molecular weight excluding hydrogens is 376 g/mol. The molecule has 6 heteroatoms. The van der Waals surface area contributed by atoms with Crippen LogP contribution < -0.4 is 10.2 Å². The fourth-order valence-electron chi connectivity index (χ4n) is 3.96. The van der Waals surface area contributed by atoms with Crippen molar-refractivity contribution in [1.82, 2.24) is 9.97 Å². The second-order valence-electron chi connectivity index (χ2n) is 9.02. The van der Waals surface area contributed by atoms with Crippen LogP contribution in [0.4, 0.5) is 11.5 Å². The Bertz CT molecular complexity index is 868. The molecule has 0 unspecified atom stereocenters. The molecule has 0 atom stereocenters. The molecule has 3 heterocycles. The van der Waals surface area contributed by atoms with E-state index in [1.54, 1.807) is 0 Å². The van der Waals surface area contributed by atoms with Crippen molar-refractivity contribution in [2.75, 3.05) is 29.9 Å². The molecule has 0 aliphatic carbocycles. The van der Waals surface area contributed by atoms with Crippen molar-refractivity contribution >= 4 is 17.5 Å². The van der Waals surface area contributed by atoms with Gasteiger partial charge in [-0.15, -0.1) is 0 Å². The van der Waals surface area contributed by atoms with Gasteiger partial charge in [0.05, 0.1) is 12.1 Å². The fourth-order valence-corrected chi connectivity index (χ4v) is 3.96. The zero-order valence-electron chi connectivity index (χ0n) is 18.7. The first-order valence-electron chi connectivity index (χ1n) is 11.0. The second-order valence-corrected chi connectivity index (χ2v) is 9.02. The van der Waals surface area contributed by atoms with Gasteiger partial charge in [0.1, 0.15) is 5.82 Å². The van der Waals surface area contributed by atoms with Crippen molar-refractivity contribution in [3.8, 4) is 11.1 Å². The number of carbonyl (C=O) groups is 1. The summed E-state index contributed by atoms with van der Waals surface area (Å²) in [6, 6.07) is 4.04. The average Bonchev–Trinajstić information content (AvgIpc) is 2.70. The Morgan fingerprint density at radius 1 is 1.20 bits per heavy atom. The molecule has 0 aromatic carbocycles. The molecule has 0 saturated carbocycles. The number of carboxylic acid groups (broad SMARTS) is 1. The van der Waals surface area contributed by atoms with Gasteiger partial charge in [0, 0.05) is 54.4 Å². The van der Waals surface area contributed by atoms with Gasteiger partial charge in [-0.25, -0.2) is 4.98 Å². The molecule has 0 amide bonds. The van der Waals surface area contributed by atoms with Crippen LogP contribution in [0.3, 0.4) is 0 Å². The van der Waals surface area contributed by atoms with Crippen molar-refractivity contribution < 1.29 is 9.90 Å². The SMILES string of the molecule is CCCCNc1ccc(-c2cnc(C)c(CC(=O)O)c2N2CCC(C)(C)CC2)cn1. The molecule has 1 aliphatic rings. The summed E-state index contributed by atoms with van der Waals surface area (Å²) >= 11 is 0. The molecule has 3 rings (SSSR count). The highest BCUT2D eigenvalue weighted by molar-refractivity contribution is 5.84. The molecule has 0 radical (unpaired) electrons. The number of aliphatic carboxylic acids is 1. The Morgan fingerprint density at radius 3 is 2.53 bits per heavy atom. The van der Waals surface area contributed by atoms with Gasteiger partial charge in [-0.1, -0.05) is 27.2 Å². The molecule has 6 nitrogen and oxygen atoms in total. The average molecular weight is 411 g/mol. The maximum absolute atomic E-state index is 11.6. The minimum absolute atomic E-state index is 0.0218.